The molecule has 2 heteroatoms. The van der Waals surface area contributed by atoms with Gasteiger partial charge >= 0.3 is 0 Å². The molecule has 2 unspecified atom stereocenters. The van der Waals surface area contributed by atoms with Crippen molar-refractivity contribution in [1.29, 1.82) is 0 Å². The van der Waals surface area contributed by atoms with Crippen LogP contribution in [-0.2, 0) is 0 Å². The van der Waals surface area contributed by atoms with E-state index in [1.165, 1.54) is 32.1 Å². The molecule has 1 aromatic heterocycles. The van der Waals surface area contributed by atoms with Gasteiger partial charge in [0.05, 0.1) is 6.04 Å². The Morgan fingerprint density at radius 2 is 1.88 bits per heavy atom. The highest BCUT2D eigenvalue weighted by atomic mass is 16.3. The largest absolute Gasteiger partial charge is 0.465 e. The smallest absolute Gasteiger partial charge is 0.120 e. The molecule has 0 bridgehead atoms. The van der Waals surface area contributed by atoms with Crippen molar-refractivity contribution in [2.45, 2.75) is 65.0 Å². The number of hydrogen-bond donors (Lipinski definition) is 1. The van der Waals surface area contributed by atoms with Crippen molar-refractivity contribution in [2.24, 2.45) is 5.92 Å². The molecule has 0 aromatic carbocycles. The van der Waals surface area contributed by atoms with Crippen molar-refractivity contribution in [3.63, 3.8) is 0 Å². The van der Waals surface area contributed by atoms with Crippen LogP contribution in [-0.4, -0.2) is 6.04 Å². The molecule has 1 N–H and O–H groups in total. The van der Waals surface area contributed by atoms with E-state index in [1.807, 2.05) is 13.0 Å². The third-order valence-corrected chi connectivity index (χ3v) is 4.06. The molecule has 2 rings (SSSR count). The highest BCUT2D eigenvalue weighted by Gasteiger charge is 2.22. The van der Waals surface area contributed by atoms with Crippen molar-refractivity contribution >= 4 is 0 Å². The van der Waals surface area contributed by atoms with E-state index < -0.39 is 0 Å². The molecule has 0 saturated heterocycles. The fourth-order valence-corrected chi connectivity index (χ4v) is 2.93. The van der Waals surface area contributed by atoms with Crippen LogP contribution in [0.25, 0.3) is 0 Å². The van der Waals surface area contributed by atoms with Crippen LogP contribution >= 0.6 is 0 Å². The molecular formula is C15H25NO. The van der Waals surface area contributed by atoms with Crippen molar-refractivity contribution in [3.8, 4) is 0 Å². The molecule has 1 aliphatic carbocycles. The van der Waals surface area contributed by atoms with Gasteiger partial charge in [0.15, 0.2) is 0 Å². The molecule has 96 valence electrons. The first-order chi connectivity index (χ1) is 8.16. The van der Waals surface area contributed by atoms with Crippen LogP contribution in [0.4, 0.5) is 0 Å². The second-order valence-corrected chi connectivity index (χ2v) is 5.52. The van der Waals surface area contributed by atoms with E-state index in [2.05, 4.69) is 25.2 Å². The predicted octanol–water partition coefficient (Wildman–Crippen LogP) is 4.21. The third-order valence-electron chi connectivity index (χ3n) is 4.06. The highest BCUT2D eigenvalue weighted by Crippen LogP contribution is 2.27. The monoisotopic (exact) mass is 235 g/mol. The SMILES string of the molecule is Cc1ccc(C(C)NC(C)C2CCCCC2)o1. The Hall–Kier alpha value is -0.760. The summed E-state index contributed by atoms with van der Waals surface area (Å²) in [6.07, 6.45) is 7.02. The Kier molecular flexibility index (Phi) is 4.27. The van der Waals surface area contributed by atoms with Gasteiger partial charge in [0.2, 0.25) is 0 Å². The normalized spacial score (nSPS) is 21.4. The summed E-state index contributed by atoms with van der Waals surface area (Å²) in [5.41, 5.74) is 0. The zero-order valence-electron chi connectivity index (χ0n) is 11.3. The van der Waals surface area contributed by atoms with Gasteiger partial charge in [0.25, 0.3) is 0 Å². The molecule has 0 radical (unpaired) electrons. The summed E-state index contributed by atoms with van der Waals surface area (Å²) >= 11 is 0. The summed E-state index contributed by atoms with van der Waals surface area (Å²) in [7, 11) is 0. The number of furan rings is 1. The Morgan fingerprint density at radius 3 is 2.47 bits per heavy atom. The highest BCUT2D eigenvalue weighted by molar-refractivity contribution is 5.09. The summed E-state index contributed by atoms with van der Waals surface area (Å²) in [6.45, 7) is 6.51. The fourth-order valence-electron chi connectivity index (χ4n) is 2.93. The van der Waals surface area contributed by atoms with E-state index in [9.17, 15) is 0 Å². The standard InChI is InChI=1S/C15H25NO/c1-11-9-10-15(17-11)13(3)16-12(2)14-7-5-4-6-8-14/h9-10,12-14,16H,4-8H2,1-3H3. The molecule has 0 spiro atoms. The molecular weight excluding hydrogens is 210 g/mol. The van der Waals surface area contributed by atoms with Gasteiger partial charge in [-0.05, 0) is 51.7 Å². The summed E-state index contributed by atoms with van der Waals surface area (Å²) in [6, 6.07) is 5.04. The lowest BCUT2D eigenvalue weighted by Crippen LogP contribution is -2.36. The van der Waals surface area contributed by atoms with E-state index in [0.717, 1.165) is 17.4 Å². The van der Waals surface area contributed by atoms with E-state index in [0.29, 0.717) is 12.1 Å². The summed E-state index contributed by atoms with van der Waals surface area (Å²) in [4.78, 5) is 0. The fraction of sp³-hybridized carbons (Fsp3) is 0.733. The number of hydrogen-bond acceptors (Lipinski definition) is 2. The minimum absolute atomic E-state index is 0.320. The Morgan fingerprint density at radius 1 is 1.18 bits per heavy atom. The van der Waals surface area contributed by atoms with Crippen molar-refractivity contribution < 1.29 is 4.42 Å². The predicted molar refractivity (Wildman–Crippen MR) is 71.0 cm³/mol. The molecule has 1 aliphatic rings. The van der Waals surface area contributed by atoms with Crippen molar-refractivity contribution in [1.82, 2.24) is 5.32 Å². The van der Waals surface area contributed by atoms with Gasteiger partial charge in [-0.15, -0.1) is 0 Å². The number of rotatable bonds is 4. The lowest BCUT2D eigenvalue weighted by molar-refractivity contribution is 0.259. The second kappa shape index (κ2) is 5.72. The summed E-state index contributed by atoms with van der Waals surface area (Å²) in [5.74, 6) is 2.91. The topological polar surface area (TPSA) is 25.2 Å². The molecule has 2 nitrogen and oxygen atoms in total. The quantitative estimate of drug-likeness (QED) is 0.845. The van der Waals surface area contributed by atoms with E-state index in [1.54, 1.807) is 0 Å². The molecule has 1 saturated carbocycles. The van der Waals surface area contributed by atoms with Gasteiger partial charge in [0.1, 0.15) is 11.5 Å². The lowest BCUT2D eigenvalue weighted by Gasteiger charge is -2.30. The third kappa shape index (κ3) is 3.35. The average Bonchev–Trinajstić information content (AvgIpc) is 2.77. The Balaban J connectivity index is 1.87. The molecule has 0 aliphatic heterocycles. The van der Waals surface area contributed by atoms with Gasteiger partial charge < -0.3 is 9.73 Å². The van der Waals surface area contributed by atoms with Crippen LogP contribution in [0.2, 0.25) is 0 Å². The number of nitrogens with one attached hydrogen (secondary N) is 1. The van der Waals surface area contributed by atoms with E-state index >= 15 is 0 Å². The zero-order valence-corrected chi connectivity index (χ0v) is 11.3. The first kappa shape index (κ1) is 12.7. The van der Waals surface area contributed by atoms with Crippen LogP contribution in [0.3, 0.4) is 0 Å². The maximum Gasteiger partial charge on any atom is 0.120 e. The van der Waals surface area contributed by atoms with E-state index in [4.69, 9.17) is 4.42 Å². The zero-order chi connectivity index (χ0) is 12.3. The van der Waals surface area contributed by atoms with Crippen LogP contribution in [0.1, 0.15) is 63.5 Å². The van der Waals surface area contributed by atoms with Gasteiger partial charge in [-0.3, -0.25) is 0 Å². The van der Waals surface area contributed by atoms with Crippen molar-refractivity contribution in [2.75, 3.05) is 0 Å². The maximum atomic E-state index is 5.67. The first-order valence-electron chi connectivity index (χ1n) is 6.99. The first-order valence-corrected chi connectivity index (χ1v) is 6.99. The molecule has 0 amide bonds. The molecule has 1 aromatic rings. The minimum atomic E-state index is 0.320. The molecule has 2 atom stereocenters. The molecule has 1 heterocycles. The molecule has 1 fully saturated rings. The van der Waals surface area contributed by atoms with Gasteiger partial charge in [0, 0.05) is 6.04 Å². The van der Waals surface area contributed by atoms with Gasteiger partial charge in [-0.1, -0.05) is 19.3 Å². The van der Waals surface area contributed by atoms with Crippen LogP contribution < -0.4 is 5.32 Å². The average molecular weight is 235 g/mol. The maximum absolute atomic E-state index is 5.67. The van der Waals surface area contributed by atoms with Crippen LogP contribution in [0.15, 0.2) is 16.5 Å². The molecule has 17 heavy (non-hydrogen) atoms. The summed E-state index contributed by atoms with van der Waals surface area (Å²) in [5, 5.41) is 3.69. The van der Waals surface area contributed by atoms with E-state index in [-0.39, 0.29) is 0 Å². The number of aryl methyl sites for hydroxylation is 1. The lowest BCUT2D eigenvalue weighted by atomic mass is 9.84. The van der Waals surface area contributed by atoms with Gasteiger partial charge in [-0.25, -0.2) is 0 Å². The van der Waals surface area contributed by atoms with Crippen molar-refractivity contribution in [3.05, 3.63) is 23.7 Å². The van der Waals surface area contributed by atoms with Gasteiger partial charge in [-0.2, -0.15) is 0 Å². The Labute approximate surface area is 105 Å². The Bertz CT molecular complexity index is 338. The summed E-state index contributed by atoms with van der Waals surface area (Å²) < 4.78 is 5.67. The van der Waals surface area contributed by atoms with Crippen LogP contribution in [0, 0.1) is 12.8 Å². The minimum Gasteiger partial charge on any atom is -0.465 e. The second-order valence-electron chi connectivity index (χ2n) is 5.52. The van der Waals surface area contributed by atoms with Crippen LogP contribution in [0.5, 0.6) is 0 Å².